The molecule has 1 rings (SSSR count). The largest absolute Gasteiger partial charge is 0.380 e. The Kier molecular flexibility index (Phi) is 7.18. The van der Waals surface area contributed by atoms with Crippen molar-refractivity contribution < 1.29 is 4.74 Å². The molecule has 0 aliphatic carbocycles. The molecule has 0 radical (unpaired) electrons. The summed E-state index contributed by atoms with van der Waals surface area (Å²) in [4.78, 5) is 8.50. The van der Waals surface area contributed by atoms with Gasteiger partial charge in [0.2, 0.25) is 0 Å². The zero-order valence-corrected chi connectivity index (χ0v) is 12.5. The van der Waals surface area contributed by atoms with Gasteiger partial charge < -0.3 is 15.4 Å². The van der Waals surface area contributed by atoms with Crippen molar-refractivity contribution in [3.63, 3.8) is 0 Å². The number of nitrogens with zero attached hydrogens (tertiary/aromatic N) is 2. The molecule has 0 spiro atoms. The summed E-state index contributed by atoms with van der Waals surface area (Å²) in [5.74, 6) is 2.48. The molecular weight excluding hydrogens is 240 g/mol. The monoisotopic (exact) mass is 266 g/mol. The quantitative estimate of drug-likeness (QED) is 0.673. The highest BCUT2D eigenvalue weighted by Crippen LogP contribution is 2.19. The van der Waals surface area contributed by atoms with Gasteiger partial charge in [-0.1, -0.05) is 20.8 Å². The van der Waals surface area contributed by atoms with Gasteiger partial charge in [0.15, 0.2) is 0 Å². The average Bonchev–Trinajstić information content (AvgIpc) is 2.41. The summed E-state index contributed by atoms with van der Waals surface area (Å²) in [6, 6.07) is 0. The molecular formula is C14H26N4O. The lowest BCUT2D eigenvalue weighted by atomic mass is 10.1. The highest BCUT2D eigenvalue weighted by atomic mass is 16.5. The third-order valence-corrected chi connectivity index (χ3v) is 2.91. The predicted octanol–water partition coefficient (Wildman–Crippen LogP) is 2.56. The molecule has 2 N–H and O–H groups in total. The second-order valence-corrected chi connectivity index (χ2v) is 4.87. The summed E-state index contributed by atoms with van der Waals surface area (Å²) in [6.07, 6.45) is 3.58. The molecule has 0 unspecified atom stereocenters. The Morgan fingerprint density at radius 2 is 1.95 bits per heavy atom. The Hall–Kier alpha value is -1.36. The highest BCUT2D eigenvalue weighted by molar-refractivity contribution is 5.56. The van der Waals surface area contributed by atoms with E-state index in [4.69, 9.17) is 4.74 Å². The molecule has 5 heteroatoms. The number of hydrogen-bond acceptors (Lipinski definition) is 5. The highest BCUT2D eigenvalue weighted by Gasteiger charge is 2.07. The molecule has 0 bridgehead atoms. The van der Waals surface area contributed by atoms with Crippen LogP contribution in [0.25, 0.3) is 0 Å². The lowest BCUT2D eigenvalue weighted by Gasteiger charge is -2.13. The van der Waals surface area contributed by atoms with Crippen molar-refractivity contribution in [3.05, 3.63) is 11.9 Å². The molecule has 0 saturated heterocycles. The van der Waals surface area contributed by atoms with Crippen LogP contribution < -0.4 is 10.6 Å². The van der Waals surface area contributed by atoms with Crippen LogP contribution in [0.4, 0.5) is 11.6 Å². The van der Waals surface area contributed by atoms with E-state index in [1.54, 1.807) is 6.33 Å². The second kappa shape index (κ2) is 8.69. The molecule has 0 aliphatic heterocycles. The third-order valence-electron chi connectivity index (χ3n) is 2.91. The van der Waals surface area contributed by atoms with Crippen molar-refractivity contribution in [1.29, 1.82) is 0 Å². The van der Waals surface area contributed by atoms with Gasteiger partial charge in [0.25, 0.3) is 0 Å². The number of rotatable bonds is 9. The lowest BCUT2D eigenvalue weighted by molar-refractivity contribution is 0.132. The number of hydrogen-bond donors (Lipinski definition) is 2. The molecule has 1 aromatic heterocycles. The zero-order valence-electron chi connectivity index (χ0n) is 12.5. The molecule has 0 aliphatic rings. The topological polar surface area (TPSA) is 59.1 Å². The van der Waals surface area contributed by atoms with Crippen LogP contribution in [-0.2, 0) is 11.2 Å². The van der Waals surface area contributed by atoms with E-state index in [0.717, 1.165) is 43.2 Å². The van der Waals surface area contributed by atoms with Crippen molar-refractivity contribution in [2.75, 3.05) is 37.4 Å². The van der Waals surface area contributed by atoms with Gasteiger partial charge in [-0.25, -0.2) is 9.97 Å². The van der Waals surface area contributed by atoms with Crippen molar-refractivity contribution in [2.45, 2.75) is 33.6 Å². The smallest absolute Gasteiger partial charge is 0.134 e. The Balaban J connectivity index is 2.37. The first-order valence-electron chi connectivity index (χ1n) is 7.02. The summed E-state index contributed by atoms with van der Waals surface area (Å²) < 4.78 is 5.57. The molecule has 0 amide bonds. The normalized spacial score (nSPS) is 10.8. The van der Waals surface area contributed by atoms with Crippen LogP contribution in [0.3, 0.4) is 0 Å². The molecule has 108 valence electrons. The minimum Gasteiger partial charge on any atom is -0.380 e. The van der Waals surface area contributed by atoms with Crippen LogP contribution in [0.15, 0.2) is 6.33 Å². The van der Waals surface area contributed by atoms with E-state index < -0.39 is 0 Å². The molecule has 0 saturated carbocycles. The minimum absolute atomic E-state index is 0.694. The summed E-state index contributed by atoms with van der Waals surface area (Å²) >= 11 is 0. The van der Waals surface area contributed by atoms with Gasteiger partial charge in [-0.15, -0.1) is 0 Å². The van der Waals surface area contributed by atoms with E-state index in [1.807, 2.05) is 7.05 Å². The third kappa shape index (κ3) is 5.42. The van der Waals surface area contributed by atoms with Crippen molar-refractivity contribution in [2.24, 2.45) is 5.92 Å². The first kappa shape index (κ1) is 15.7. The lowest BCUT2D eigenvalue weighted by Crippen LogP contribution is -2.14. The maximum absolute atomic E-state index is 5.57. The standard InChI is InChI=1S/C14H26N4O/c1-5-12-13(15-4)17-10-18-14(12)16-7-9-19-8-6-11(2)3/h10-11H,5-9H2,1-4H3,(H2,15,16,17,18). The summed E-state index contributed by atoms with van der Waals surface area (Å²) in [6.45, 7) is 8.81. The first-order chi connectivity index (χ1) is 9.19. The Morgan fingerprint density at radius 3 is 2.58 bits per heavy atom. The Bertz CT molecular complexity index is 368. The van der Waals surface area contributed by atoms with Gasteiger partial charge in [0.05, 0.1) is 6.61 Å². The molecule has 1 aromatic rings. The number of anilines is 2. The van der Waals surface area contributed by atoms with Gasteiger partial charge in [0.1, 0.15) is 18.0 Å². The predicted molar refractivity (Wildman–Crippen MR) is 79.7 cm³/mol. The maximum atomic E-state index is 5.57. The SMILES string of the molecule is CCc1c(NC)ncnc1NCCOCCC(C)C. The summed E-state index contributed by atoms with van der Waals surface area (Å²) in [7, 11) is 1.88. The Morgan fingerprint density at radius 1 is 1.21 bits per heavy atom. The van der Waals surface area contributed by atoms with Crippen LogP contribution in [0.1, 0.15) is 32.8 Å². The van der Waals surface area contributed by atoms with E-state index in [9.17, 15) is 0 Å². The number of ether oxygens (including phenoxy) is 1. The minimum atomic E-state index is 0.694. The van der Waals surface area contributed by atoms with E-state index in [0.29, 0.717) is 12.5 Å². The van der Waals surface area contributed by atoms with Gasteiger partial charge >= 0.3 is 0 Å². The van der Waals surface area contributed by atoms with Gasteiger partial charge in [-0.2, -0.15) is 0 Å². The van der Waals surface area contributed by atoms with Crippen LogP contribution >= 0.6 is 0 Å². The fraction of sp³-hybridized carbons (Fsp3) is 0.714. The molecule has 0 atom stereocenters. The van der Waals surface area contributed by atoms with E-state index >= 15 is 0 Å². The fourth-order valence-electron chi connectivity index (χ4n) is 1.78. The van der Waals surface area contributed by atoms with Crippen LogP contribution in [-0.4, -0.2) is 36.8 Å². The van der Waals surface area contributed by atoms with E-state index in [-0.39, 0.29) is 0 Å². The van der Waals surface area contributed by atoms with Crippen LogP contribution in [0.5, 0.6) is 0 Å². The van der Waals surface area contributed by atoms with Gasteiger partial charge in [-0.3, -0.25) is 0 Å². The zero-order chi connectivity index (χ0) is 14.1. The number of aromatic nitrogens is 2. The van der Waals surface area contributed by atoms with Crippen LogP contribution in [0, 0.1) is 5.92 Å². The van der Waals surface area contributed by atoms with Crippen LogP contribution in [0.2, 0.25) is 0 Å². The maximum Gasteiger partial charge on any atom is 0.134 e. The van der Waals surface area contributed by atoms with E-state index in [1.165, 1.54) is 0 Å². The van der Waals surface area contributed by atoms with Crippen molar-refractivity contribution in [1.82, 2.24) is 9.97 Å². The molecule has 0 fully saturated rings. The average molecular weight is 266 g/mol. The molecule has 19 heavy (non-hydrogen) atoms. The number of nitrogens with one attached hydrogen (secondary N) is 2. The second-order valence-electron chi connectivity index (χ2n) is 4.87. The fourth-order valence-corrected chi connectivity index (χ4v) is 1.78. The van der Waals surface area contributed by atoms with Gasteiger partial charge in [-0.05, 0) is 18.8 Å². The van der Waals surface area contributed by atoms with E-state index in [2.05, 4.69) is 41.4 Å². The molecule has 5 nitrogen and oxygen atoms in total. The van der Waals surface area contributed by atoms with Crippen molar-refractivity contribution >= 4 is 11.6 Å². The van der Waals surface area contributed by atoms with Gasteiger partial charge in [0, 0.05) is 25.8 Å². The molecule has 0 aromatic carbocycles. The van der Waals surface area contributed by atoms with Crippen molar-refractivity contribution in [3.8, 4) is 0 Å². The summed E-state index contributed by atoms with van der Waals surface area (Å²) in [5.41, 5.74) is 1.12. The molecule has 1 heterocycles. The first-order valence-corrected chi connectivity index (χ1v) is 7.02. The summed E-state index contributed by atoms with van der Waals surface area (Å²) in [5, 5.41) is 6.40. The Labute approximate surface area is 116 Å².